The molecule has 0 saturated carbocycles. The normalized spacial score (nSPS) is 11.0. The van der Waals surface area contributed by atoms with Crippen molar-refractivity contribution in [1.29, 1.82) is 0 Å². The Hall–Kier alpha value is -2.64. The summed E-state index contributed by atoms with van der Waals surface area (Å²) in [7, 11) is 0. The SMILES string of the molecule is Cc1nnc(NC(=O)Cc2sc(Cc3cccc4ccccc34)nc2C)s1. The second-order valence-electron chi connectivity index (χ2n) is 6.28. The molecule has 2 heterocycles. The van der Waals surface area contributed by atoms with Crippen LogP contribution >= 0.6 is 22.7 Å². The Morgan fingerprint density at radius 2 is 1.85 bits per heavy atom. The molecule has 0 spiro atoms. The average molecular weight is 395 g/mol. The maximum atomic E-state index is 12.3. The summed E-state index contributed by atoms with van der Waals surface area (Å²) in [6.45, 7) is 3.82. The van der Waals surface area contributed by atoms with Crippen molar-refractivity contribution >= 4 is 44.5 Å². The summed E-state index contributed by atoms with van der Waals surface area (Å²) in [5.74, 6) is -0.0883. The van der Waals surface area contributed by atoms with E-state index in [9.17, 15) is 4.79 Å². The Morgan fingerprint density at radius 3 is 2.67 bits per heavy atom. The van der Waals surface area contributed by atoms with Crippen LogP contribution in [-0.2, 0) is 17.6 Å². The Balaban J connectivity index is 1.50. The fraction of sp³-hybridized carbons (Fsp3) is 0.200. The van der Waals surface area contributed by atoms with Gasteiger partial charge in [0.25, 0.3) is 0 Å². The third-order valence-corrected chi connectivity index (χ3v) is 6.16. The molecule has 0 aliphatic rings. The number of anilines is 1. The van der Waals surface area contributed by atoms with Crippen LogP contribution in [0.1, 0.15) is 26.1 Å². The zero-order chi connectivity index (χ0) is 18.8. The first kappa shape index (κ1) is 17.8. The Kier molecular flexibility index (Phi) is 4.96. The molecule has 0 atom stereocenters. The van der Waals surface area contributed by atoms with Gasteiger partial charge in [0.15, 0.2) is 0 Å². The van der Waals surface area contributed by atoms with Gasteiger partial charge in [0.1, 0.15) is 5.01 Å². The van der Waals surface area contributed by atoms with Crippen molar-refractivity contribution in [1.82, 2.24) is 15.2 Å². The van der Waals surface area contributed by atoms with Crippen LogP contribution in [0, 0.1) is 13.8 Å². The number of carbonyl (C=O) groups is 1. The van der Waals surface area contributed by atoms with Crippen LogP contribution in [0.3, 0.4) is 0 Å². The highest BCUT2D eigenvalue weighted by Gasteiger charge is 2.14. The van der Waals surface area contributed by atoms with Crippen LogP contribution in [0.4, 0.5) is 5.13 Å². The molecule has 2 aromatic heterocycles. The number of aromatic nitrogens is 3. The second-order valence-corrected chi connectivity index (χ2v) is 8.63. The second kappa shape index (κ2) is 7.54. The molecule has 136 valence electrons. The Labute approximate surface area is 165 Å². The molecule has 0 bridgehead atoms. The van der Waals surface area contributed by atoms with Crippen molar-refractivity contribution in [2.75, 3.05) is 5.32 Å². The first-order valence-electron chi connectivity index (χ1n) is 8.60. The van der Waals surface area contributed by atoms with E-state index in [0.717, 1.165) is 27.0 Å². The number of fused-ring (bicyclic) bond motifs is 1. The number of rotatable bonds is 5. The minimum absolute atomic E-state index is 0.0883. The lowest BCUT2D eigenvalue weighted by Crippen LogP contribution is -2.14. The van der Waals surface area contributed by atoms with Gasteiger partial charge in [-0.3, -0.25) is 4.79 Å². The van der Waals surface area contributed by atoms with Gasteiger partial charge in [-0.25, -0.2) is 4.98 Å². The number of benzene rings is 2. The minimum atomic E-state index is -0.0883. The average Bonchev–Trinajstić information content (AvgIpc) is 3.20. The van der Waals surface area contributed by atoms with Gasteiger partial charge in [-0.2, -0.15) is 0 Å². The van der Waals surface area contributed by atoms with Crippen molar-refractivity contribution in [3.8, 4) is 0 Å². The smallest absolute Gasteiger partial charge is 0.231 e. The van der Waals surface area contributed by atoms with Gasteiger partial charge in [-0.15, -0.1) is 21.5 Å². The highest BCUT2D eigenvalue weighted by atomic mass is 32.1. The molecule has 0 aliphatic carbocycles. The number of amides is 1. The minimum Gasteiger partial charge on any atom is -0.300 e. The van der Waals surface area contributed by atoms with E-state index in [-0.39, 0.29) is 5.91 Å². The van der Waals surface area contributed by atoms with E-state index in [1.807, 2.05) is 13.8 Å². The summed E-state index contributed by atoms with van der Waals surface area (Å²) < 4.78 is 0. The van der Waals surface area contributed by atoms with E-state index in [4.69, 9.17) is 4.98 Å². The van der Waals surface area contributed by atoms with E-state index in [0.29, 0.717) is 11.6 Å². The van der Waals surface area contributed by atoms with Gasteiger partial charge in [0, 0.05) is 11.3 Å². The van der Waals surface area contributed by atoms with Crippen LogP contribution < -0.4 is 5.32 Å². The highest BCUT2D eigenvalue weighted by Crippen LogP contribution is 2.26. The summed E-state index contributed by atoms with van der Waals surface area (Å²) in [5.41, 5.74) is 2.17. The van der Waals surface area contributed by atoms with Crippen LogP contribution in [0.25, 0.3) is 10.8 Å². The molecule has 1 N–H and O–H groups in total. The summed E-state index contributed by atoms with van der Waals surface area (Å²) in [5, 5.41) is 15.5. The Bertz CT molecular complexity index is 1110. The van der Waals surface area contributed by atoms with Gasteiger partial charge in [-0.1, -0.05) is 53.8 Å². The number of thiazole rings is 1. The van der Waals surface area contributed by atoms with E-state index >= 15 is 0 Å². The largest absolute Gasteiger partial charge is 0.300 e. The first-order chi connectivity index (χ1) is 13.1. The fourth-order valence-corrected chi connectivity index (χ4v) is 4.69. The molecule has 0 saturated heterocycles. The van der Waals surface area contributed by atoms with Crippen molar-refractivity contribution < 1.29 is 4.79 Å². The molecule has 0 fully saturated rings. The van der Waals surface area contributed by atoms with Gasteiger partial charge in [0.2, 0.25) is 11.0 Å². The summed E-state index contributed by atoms with van der Waals surface area (Å²) in [6, 6.07) is 14.7. The van der Waals surface area contributed by atoms with E-state index < -0.39 is 0 Å². The number of aryl methyl sites for hydroxylation is 2. The lowest BCUT2D eigenvalue weighted by Gasteiger charge is -2.04. The molecule has 2 aromatic carbocycles. The van der Waals surface area contributed by atoms with Crippen LogP contribution in [0.2, 0.25) is 0 Å². The summed E-state index contributed by atoms with van der Waals surface area (Å²) in [6.07, 6.45) is 1.07. The predicted molar refractivity (Wildman–Crippen MR) is 111 cm³/mol. The molecule has 4 rings (SSSR count). The van der Waals surface area contributed by atoms with Gasteiger partial charge in [-0.05, 0) is 30.2 Å². The molecule has 0 unspecified atom stereocenters. The van der Waals surface area contributed by atoms with Gasteiger partial charge in [0.05, 0.1) is 17.1 Å². The van der Waals surface area contributed by atoms with E-state index in [2.05, 4.69) is 58.0 Å². The van der Waals surface area contributed by atoms with Crippen LogP contribution in [0.15, 0.2) is 42.5 Å². The molecular formula is C20H18N4OS2. The number of nitrogens with zero attached hydrogens (tertiary/aromatic N) is 3. The quantitative estimate of drug-likeness (QED) is 0.540. The molecule has 0 radical (unpaired) electrons. The lowest BCUT2D eigenvalue weighted by atomic mass is 10.0. The van der Waals surface area contributed by atoms with Gasteiger partial charge < -0.3 is 5.32 Å². The molecule has 4 aromatic rings. The van der Waals surface area contributed by atoms with Crippen LogP contribution in [0.5, 0.6) is 0 Å². The predicted octanol–water partition coefficient (Wildman–Crippen LogP) is 4.54. The summed E-state index contributed by atoms with van der Waals surface area (Å²) in [4.78, 5) is 18.0. The number of hydrogen-bond acceptors (Lipinski definition) is 6. The molecule has 7 heteroatoms. The fourth-order valence-electron chi connectivity index (χ4n) is 2.99. The lowest BCUT2D eigenvalue weighted by molar-refractivity contribution is -0.115. The first-order valence-corrected chi connectivity index (χ1v) is 10.2. The van der Waals surface area contributed by atoms with Crippen molar-refractivity contribution in [2.24, 2.45) is 0 Å². The monoisotopic (exact) mass is 394 g/mol. The maximum absolute atomic E-state index is 12.3. The van der Waals surface area contributed by atoms with E-state index in [1.165, 1.54) is 27.7 Å². The Morgan fingerprint density at radius 1 is 1.04 bits per heavy atom. The highest BCUT2D eigenvalue weighted by molar-refractivity contribution is 7.15. The zero-order valence-electron chi connectivity index (χ0n) is 15.0. The standard InChI is InChI=1S/C20H18N4OS2/c1-12-17(11-18(25)22-20-24-23-13(2)26-20)27-19(21-12)10-15-8-5-7-14-6-3-4-9-16(14)15/h3-9H,10-11H2,1-2H3,(H,22,24,25). The third-order valence-electron chi connectivity index (χ3n) is 4.25. The molecule has 27 heavy (non-hydrogen) atoms. The molecule has 0 aliphatic heterocycles. The van der Waals surface area contributed by atoms with Crippen LogP contribution in [-0.4, -0.2) is 21.1 Å². The topological polar surface area (TPSA) is 67.8 Å². The van der Waals surface area contributed by atoms with Crippen molar-refractivity contribution in [3.05, 3.63) is 68.6 Å². The molecular weight excluding hydrogens is 376 g/mol. The number of carbonyl (C=O) groups excluding carboxylic acids is 1. The molecule has 5 nitrogen and oxygen atoms in total. The molecule has 1 amide bonds. The summed E-state index contributed by atoms with van der Waals surface area (Å²) >= 11 is 2.97. The third kappa shape index (κ3) is 4.04. The van der Waals surface area contributed by atoms with E-state index in [1.54, 1.807) is 11.3 Å². The number of nitrogens with one attached hydrogen (secondary N) is 1. The zero-order valence-corrected chi connectivity index (χ0v) is 16.7. The number of hydrogen-bond donors (Lipinski definition) is 1. The van der Waals surface area contributed by atoms with Crippen molar-refractivity contribution in [3.63, 3.8) is 0 Å². The van der Waals surface area contributed by atoms with Crippen molar-refractivity contribution in [2.45, 2.75) is 26.7 Å². The maximum Gasteiger partial charge on any atom is 0.231 e. The van der Waals surface area contributed by atoms with Gasteiger partial charge >= 0.3 is 0 Å².